The highest BCUT2D eigenvalue weighted by Crippen LogP contribution is 2.35. The molecule has 1 aliphatic rings. The highest BCUT2D eigenvalue weighted by molar-refractivity contribution is 5.95. The molecule has 86 valence electrons. The van der Waals surface area contributed by atoms with Crippen molar-refractivity contribution in [1.29, 1.82) is 0 Å². The molecule has 1 aromatic carbocycles. The summed E-state index contributed by atoms with van der Waals surface area (Å²) >= 11 is 0. The number of fused-ring (bicyclic) bond motifs is 1. The molecular formula is C14H18FN. The van der Waals surface area contributed by atoms with E-state index in [-0.39, 0.29) is 11.7 Å². The van der Waals surface area contributed by atoms with Gasteiger partial charge < -0.3 is 0 Å². The summed E-state index contributed by atoms with van der Waals surface area (Å²) in [4.78, 5) is 4.44. The van der Waals surface area contributed by atoms with Crippen LogP contribution in [0.1, 0.15) is 44.7 Å². The Kier molecular flexibility index (Phi) is 2.83. The van der Waals surface area contributed by atoms with Crippen LogP contribution in [-0.4, -0.2) is 5.71 Å². The molecule has 0 radical (unpaired) electrons. The van der Waals surface area contributed by atoms with Crippen LogP contribution in [0.2, 0.25) is 0 Å². The maximum absolute atomic E-state index is 14.2. The molecule has 0 aromatic heterocycles. The number of rotatable bonds is 2. The lowest BCUT2D eigenvalue weighted by atomic mass is 9.97. The minimum Gasteiger partial charge on any atom is -0.254 e. The van der Waals surface area contributed by atoms with Gasteiger partial charge in [0.1, 0.15) is 5.69 Å². The maximum atomic E-state index is 14.2. The van der Waals surface area contributed by atoms with Gasteiger partial charge in [0.15, 0.2) is 5.82 Å². The molecule has 0 unspecified atom stereocenters. The number of aliphatic imine (C=N–C) groups is 1. The Morgan fingerprint density at radius 1 is 1.12 bits per heavy atom. The molecular weight excluding hydrogens is 201 g/mol. The third-order valence-corrected chi connectivity index (χ3v) is 3.15. The smallest absolute Gasteiger partial charge is 0.152 e. The van der Waals surface area contributed by atoms with Gasteiger partial charge in [-0.25, -0.2) is 4.39 Å². The van der Waals surface area contributed by atoms with Crippen molar-refractivity contribution in [2.45, 2.75) is 40.0 Å². The molecule has 1 aromatic rings. The number of hydrogen-bond donors (Lipinski definition) is 0. The summed E-state index contributed by atoms with van der Waals surface area (Å²) in [5, 5.41) is 0. The molecule has 0 atom stereocenters. The Hall–Kier alpha value is -1.18. The Bertz CT molecular complexity index is 444. The minimum atomic E-state index is -0.122. The van der Waals surface area contributed by atoms with E-state index in [1.807, 2.05) is 26.0 Å². The van der Waals surface area contributed by atoms with Gasteiger partial charge in [0.05, 0.1) is 0 Å². The van der Waals surface area contributed by atoms with Crippen LogP contribution in [-0.2, 0) is 6.42 Å². The van der Waals surface area contributed by atoms with Gasteiger partial charge in [-0.15, -0.1) is 0 Å². The van der Waals surface area contributed by atoms with E-state index >= 15 is 0 Å². The van der Waals surface area contributed by atoms with Crippen molar-refractivity contribution in [3.8, 4) is 0 Å². The Morgan fingerprint density at radius 2 is 1.81 bits per heavy atom. The van der Waals surface area contributed by atoms with E-state index in [9.17, 15) is 4.39 Å². The molecule has 0 saturated carbocycles. The summed E-state index contributed by atoms with van der Waals surface area (Å²) in [6.45, 7) is 8.22. The van der Waals surface area contributed by atoms with Crippen LogP contribution in [0.15, 0.2) is 17.1 Å². The van der Waals surface area contributed by atoms with Gasteiger partial charge in [-0.05, 0) is 23.0 Å². The van der Waals surface area contributed by atoms with Gasteiger partial charge in [0, 0.05) is 12.1 Å². The van der Waals surface area contributed by atoms with E-state index in [1.165, 1.54) is 0 Å². The zero-order valence-corrected chi connectivity index (χ0v) is 10.3. The second kappa shape index (κ2) is 4.00. The molecule has 0 fully saturated rings. The largest absolute Gasteiger partial charge is 0.254 e. The third kappa shape index (κ3) is 1.77. The number of hydrogen-bond acceptors (Lipinski definition) is 1. The summed E-state index contributed by atoms with van der Waals surface area (Å²) in [7, 11) is 0. The van der Waals surface area contributed by atoms with Crippen molar-refractivity contribution < 1.29 is 4.39 Å². The van der Waals surface area contributed by atoms with Crippen molar-refractivity contribution >= 4 is 11.4 Å². The fourth-order valence-electron chi connectivity index (χ4n) is 2.04. The Morgan fingerprint density at radius 3 is 2.38 bits per heavy atom. The molecule has 2 rings (SSSR count). The highest BCUT2D eigenvalue weighted by Gasteiger charge is 2.22. The molecule has 0 N–H and O–H groups in total. The van der Waals surface area contributed by atoms with E-state index in [1.54, 1.807) is 0 Å². The third-order valence-electron chi connectivity index (χ3n) is 3.15. The average molecular weight is 219 g/mol. The van der Waals surface area contributed by atoms with E-state index < -0.39 is 0 Å². The monoisotopic (exact) mass is 219 g/mol. The zero-order chi connectivity index (χ0) is 11.9. The second-order valence-electron chi connectivity index (χ2n) is 5.07. The van der Waals surface area contributed by atoms with Crippen molar-refractivity contribution in [2.75, 3.05) is 0 Å². The Balaban J connectivity index is 2.47. The van der Waals surface area contributed by atoms with Crippen LogP contribution in [0, 0.1) is 11.7 Å². The fourth-order valence-corrected chi connectivity index (χ4v) is 2.04. The van der Waals surface area contributed by atoms with E-state index in [0.717, 1.165) is 23.3 Å². The lowest BCUT2D eigenvalue weighted by Crippen LogP contribution is -2.06. The minimum absolute atomic E-state index is 0.122. The van der Waals surface area contributed by atoms with Gasteiger partial charge >= 0.3 is 0 Å². The van der Waals surface area contributed by atoms with Crippen molar-refractivity contribution in [3.63, 3.8) is 0 Å². The predicted molar refractivity (Wildman–Crippen MR) is 66.1 cm³/mol. The average Bonchev–Trinajstić information content (AvgIpc) is 2.62. The van der Waals surface area contributed by atoms with Crippen molar-refractivity contribution in [3.05, 3.63) is 29.1 Å². The molecule has 1 nitrogen and oxygen atoms in total. The van der Waals surface area contributed by atoms with Gasteiger partial charge in [-0.2, -0.15) is 0 Å². The number of benzene rings is 1. The normalized spacial score (nSPS) is 14.6. The molecule has 1 aliphatic heterocycles. The topological polar surface area (TPSA) is 12.4 Å². The first-order chi connectivity index (χ1) is 7.50. The maximum Gasteiger partial charge on any atom is 0.152 e. The predicted octanol–water partition coefficient (Wildman–Crippen LogP) is 4.23. The van der Waals surface area contributed by atoms with E-state index in [2.05, 4.69) is 18.8 Å². The molecule has 0 spiro atoms. The molecule has 2 heteroatoms. The SMILES string of the molecule is CC(C)C1=Nc2c(ccc(C(C)C)c2F)C1. The van der Waals surface area contributed by atoms with Crippen LogP contribution in [0.4, 0.5) is 10.1 Å². The van der Waals surface area contributed by atoms with Gasteiger partial charge in [0.25, 0.3) is 0 Å². The van der Waals surface area contributed by atoms with Crippen molar-refractivity contribution in [1.82, 2.24) is 0 Å². The highest BCUT2D eigenvalue weighted by atomic mass is 19.1. The zero-order valence-electron chi connectivity index (χ0n) is 10.3. The van der Waals surface area contributed by atoms with Gasteiger partial charge in [-0.3, -0.25) is 4.99 Å². The first-order valence-electron chi connectivity index (χ1n) is 5.89. The Labute approximate surface area is 96.4 Å². The second-order valence-corrected chi connectivity index (χ2v) is 5.07. The van der Waals surface area contributed by atoms with Crippen LogP contribution >= 0.6 is 0 Å². The van der Waals surface area contributed by atoms with Crippen LogP contribution in [0.5, 0.6) is 0 Å². The van der Waals surface area contributed by atoms with Gasteiger partial charge in [0.2, 0.25) is 0 Å². The number of halogens is 1. The fraction of sp³-hybridized carbons (Fsp3) is 0.500. The van der Waals surface area contributed by atoms with E-state index in [4.69, 9.17) is 0 Å². The standard InChI is InChI=1S/C14H18FN/c1-8(2)11-6-5-10-7-12(9(3)4)16-14(10)13(11)15/h5-6,8-9H,7H2,1-4H3. The summed E-state index contributed by atoms with van der Waals surface area (Å²) < 4.78 is 14.2. The lowest BCUT2D eigenvalue weighted by Gasteiger charge is -2.09. The number of nitrogens with zero attached hydrogens (tertiary/aromatic N) is 1. The summed E-state index contributed by atoms with van der Waals surface area (Å²) in [6.07, 6.45) is 0.808. The van der Waals surface area contributed by atoms with Crippen LogP contribution < -0.4 is 0 Å². The molecule has 0 amide bonds. The molecule has 0 bridgehead atoms. The summed E-state index contributed by atoms with van der Waals surface area (Å²) in [5.74, 6) is 0.487. The molecule has 1 heterocycles. The first kappa shape index (κ1) is 11.3. The van der Waals surface area contributed by atoms with Gasteiger partial charge in [-0.1, -0.05) is 39.8 Å². The first-order valence-corrected chi connectivity index (χ1v) is 5.89. The molecule has 16 heavy (non-hydrogen) atoms. The van der Waals surface area contributed by atoms with Crippen LogP contribution in [0.25, 0.3) is 0 Å². The molecule has 0 saturated heterocycles. The summed E-state index contributed by atoms with van der Waals surface area (Å²) in [5.41, 5.74) is 3.47. The van der Waals surface area contributed by atoms with Crippen LogP contribution in [0.3, 0.4) is 0 Å². The lowest BCUT2D eigenvalue weighted by molar-refractivity contribution is 0.600. The van der Waals surface area contributed by atoms with Crippen molar-refractivity contribution in [2.24, 2.45) is 10.9 Å². The summed E-state index contributed by atoms with van der Waals surface area (Å²) in [6, 6.07) is 3.92. The molecule has 0 aliphatic carbocycles. The van der Waals surface area contributed by atoms with E-state index in [0.29, 0.717) is 11.6 Å². The quantitative estimate of drug-likeness (QED) is 0.705.